The smallest absolute Gasteiger partial charge is 0.0876 e. The van der Waals surface area contributed by atoms with Gasteiger partial charge in [0.15, 0.2) is 0 Å². The first-order valence-electron chi connectivity index (χ1n) is 6.57. The summed E-state index contributed by atoms with van der Waals surface area (Å²) in [6.45, 7) is 10.6. The summed E-state index contributed by atoms with van der Waals surface area (Å²) in [5, 5.41) is 3.54. The van der Waals surface area contributed by atoms with Crippen LogP contribution in [0.5, 0.6) is 0 Å². The Morgan fingerprint density at radius 2 is 2.18 bits per heavy atom. The van der Waals surface area contributed by atoms with E-state index < -0.39 is 0 Å². The first kappa shape index (κ1) is 14.5. The van der Waals surface area contributed by atoms with Crippen LogP contribution in [0.25, 0.3) is 0 Å². The van der Waals surface area contributed by atoms with Crippen molar-refractivity contribution in [2.24, 2.45) is 5.41 Å². The van der Waals surface area contributed by atoms with E-state index in [2.05, 4.69) is 33.0 Å². The van der Waals surface area contributed by atoms with Gasteiger partial charge in [-0.15, -0.1) is 0 Å². The normalized spacial score (nSPS) is 20.4. The lowest BCUT2D eigenvalue weighted by Gasteiger charge is -2.38. The largest absolute Gasteiger partial charge is 0.501 e. The predicted molar refractivity (Wildman–Crippen MR) is 71.0 cm³/mol. The van der Waals surface area contributed by atoms with Gasteiger partial charge in [0.25, 0.3) is 0 Å². The van der Waals surface area contributed by atoms with E-state index >= 15 is 0 Å². The molecule has 1 aliphatic heterocycles. The summed E-state index contributed by atoms with van der Waals surface area (Å²) in [7, 11) is 1.80. The maximum atomic E-state index is 5.72. The van der Waals surface area contributed by atoms with E-state index in [9.17, 15) is 0 Å². The Kier molecular flexibility index (Phi) is 5.47. The maximum Gasteiger partial charge on any atom is 0.0876 e. The van der Waals surface area contributed by atoms with E-state index in [0.717, 1.165) is 26.0 Å². The summed E-state index contributed by atoms with van der Waals surface area (Å²) in [5.74, 6) is 0. The third kappa shape index (κ3) is 4.00. The number of rotatable bonds is 5. The Morgan fingerprint density at radius 3 is 2.59 bits per heavy atom. The Bertz CT molecular complexity index is 255. The molecular weight excluding hydrogens is 214 g/mol. The second kappa shape index (κ2) is 6.41. The van der Waals surface area contributed by atoms with Crippen molar-refractivity contribution in [1.29, 1.82) is 0 Å². The SMILES string of the molecule is CCNC(C1=COCCC1)C(OC)C(C)(C)C. The van der Waals surface area contributed by atoms with Gasteiger partial charge < -0.3 is 14.8 Å². The number of methoxy groups -OCH3 is 1. The molecule has 0 radical (unpaired) electrons. The molecule has 0 aromatic rings. The zero-order chi connectivity index (χ0) is 12.9. The molecule has 0 aromatic carbocycles. The van der Waals surface area contributed by atoms with Crippen LogP contribution >= 0.6 is 0 Å². The van der Waals surface area contributed by atoms with Gasteiger partial charge in [-0.25, -0.2) is 0 Å². The van der Waals surface area contributed by atoms with Crippen LogP contribution in [0.2, 0.25) is 0 Å². The van der Waals surface area contributed by atoms with Crippen LogP contribution < -0.4 is 5.32 Å². The molecule has 0 fully saturated rings. The van der Waals surface area contributed by atoms with Gasteiger partial charge in [-0.1, -0.05) is 27.7 Å². The van der Waals surface area contributed by atoms with Crippen molar-refractivity contribution in [2.45, 2.75) is 52.7 Å². The number of hydrogen-bond acceptors (Lipinski definition) is 3. The third-order valence-electron chi connectivity index (χ3n) is 3.20. The predicted octanol–water partition coefficient (Wildman–Crippen LogP) is 2.72. The highest BCUT2D eigenvalue weighted by molar-refractivity contribution is 5.14. The molecule has 0 bridgehead atoms. The van der Waals surface area contributed by atoms with Crippen LogP contribution in [0, 0.1) is 5.41 Å². The molecule has 17 heavy (non-hydrogen) atoms. The molecule has 100 valence electrons. The highest BCUT2D eigenvalue weighted by atomic mass is 16.5. The van der Waals surface area contributed by atoms with Gasteiger partial charge in [0.2, 0.25) is 0 Å². The molecule has 3 heteroatoms. The van der Waals surface area contributed by atoms with E-state index in [0.29, 0.717) is 0 Å². The molecule has 0 amide bonds. The fraction of sp³-hybridized carbons (Fsp3) is 0.857. The molecule has 0 spiro atoms. The second-order valence-corrected chi connectivity index (χ2v) is 5.72. The van der Waals surface area contributed by atoms with E-state index in [1.807, 2.05) is 6.26 Å². The first-order valence-corrected chi connectivity index (χ1v) is 6.57. The minimum absolute atomic E-state index is 0.111. The van der Waals surface area contributed by atoms with Gasteiger partial charge in [0.05, 0.1) is 25.0 Å². The van der Waals surface area contributed by atoms with Gasteiger partial charge in [0, 0.05) is 7.11 Å². The number of likely N-dealkylation sites (N-methyl/N-ethyl adjacent to an activating group) is 1. The molecule has 1 rings (SSSR count). The van der Waals surface area contributed by atoms with Crippen molar-refractivity contribution in [3.05, 3.63) is 11.8 Å². The summed E-state index contributed by atoms with van der Waals surface area (Å²) >= 11 is 0. The minimum Gasteiger partial charge on any atom is -0.501 e. The highest BCUT2D eigenvalue weighted by Gasteiger charge is 2.34. The molecule has 0 aliphatic carbocycles. The molecule has 0 saturated carbocycles. The van der Waals surface area contributed by atoms with E-state index in [4.69, 9.17) is 9.47 Å². The number of hydrogen-bond donors (Lipinski definition) is 1. The molecule has 2 atom stereocenters. The Labute approximate surface area is 106 Å². The van der Waals surface area contributed by atoms with Crippen molar-refractivity contribution in [3.63, 3.8) is 0 Å². The fourth-order valence-corrected chi connectivity index (χ4v) is 2.46. The van der Waals surface area contributed by atoms with Crippen molar-refractivity contribution < 1.29 is 9.47 Å². The van der Waals surface area contributed by atoms with Crippen LogP contribution in [0.1, 0.15) is 40.5 Å². The number of nitrogens with one attached hydrogen (secondary N) is 1. The average molecular weight is 241 g/mol. The summed E-state index contributed by atoms with van der Waals surface area (Å²) in [4.78, 5) is 0. The zero-order valence-electron chi connectivity index (χ0n) is 11.9. The van der Waals surface area contributed by atoms with Gasteiger partial charge in [-0.2, -0.15) is 0 Å². The molecule has 1 heterocycles. The summed E-state index contributed by atoms with van der Waals surface area (Å²) in [6, 6.07) is 0.255. The molecule has 2 unspecified atom stereocenters. The van der Waals surface area contributed by atoms with E-state index in [1.165, 1.54) is 5.57 Å². The Hall–Kier alpha value is -0.540. The lowest BCUT2D eigenvalue weighted by molar-refractivity contribution is -0.00450. The molecular formula is C14H27NO2. The first-order chi connectivity index (χ1) is 8.00. The summed E-state index contributed by atoms with van der Waals surface area (Å²) in [6.07, 6.45) is 4.30. The zero-order valence-corrected chi connectivity index (χ0v) is 11.9. The number of ether oxygens (including phenoxy) is 2. The molecule has 3 nitrogen and oxygen atoms in total. The lowest BCUT2D eigenvalue weighted by atomic mass is 9.81. The van der Waals surface area contributed by atoms with Gasteiger partial charge in [-0.3, -0.25) is 0 Å². The molecule has 0 saturated heterocycles. The van der Waals surface area contributed by atoms with E-state index in [-0.39, 0.29) is 17.6 Å². The quantitative estimate of drug-likeness (QED) is 0.803. The highest BCUT2D eigenvalue weighted by Crippen LogP contribution is 2.30. The van der Waals surface area contributed by atoms with Gasteiger partial charge >= 0.3 is 0 Å². The minimum atomic E-state index is 0.111. The van der Waals surface area contributed by atoms with Crippen molar-refractivity contribution in [3.8, 4) is 0 Å². The molecule has 1 aliphatic rings. The Morgan fingerprint density at radius 1 is 1.47 bits per heavy atom. The molecule has 1 N–H and O–H groups in total. The van der Waals surface area contributed by atoms with Crippen molar-refractivity contribution in [1.82, 2.24) is 5.32 Å². The lowest BCUT2D eigenvalue weighted by Crippen LogP contribution is -2.49. The van der Waals surface area contributed by atoms with E-state index in [1.54, 1.807) is 7.11 Å². The molecule has 0 aromatic heterocycles. The second-order valence-electron chi connectivity index (χ2n) is 5.72. The monoisotopic (exact) mass is 241 g/mol. The van der Waals surface area contributed by atoms with Crippen LogP contribution in [0.15, 0.2) is 11.8 Å². The third-order valence-corrected chi connectivity index (χ3v) is 3.20. The van der Waals surface area contributed by atoms with Crippen LogP contribution in [-0.4, -0.2) is 32.4 Å². The summed E-state index contributed by atoms with van der Waals surface area (Å²) in [5.41, 5.74) is 1.44. The van der Waals surface area contributed by atoms with Crippen LogP contribution in [-0.2, 0) is 9.47 Å². The van der Waals surface area contributed by atoms with Crippen molar-refractivity contribution >= 4 is 0 Å². The van der Waals surface area contributed by atoms with Crippen LogP contribution in [0.3, 0.4) is 0 Å². The van der Waals surface area contributed by atoms with Crippen molar-refractivity contribution in [2.75, 3.05) is 20.3 Å². The van der Waals surface area contributed by atoms with Crippen LogP contribution in [0.4, 0.5) is 0 Å². The maximum absolute atomic E-state index is 5.72. The Balaban J connectivity index is 2.85. The summed E-state index contributed by atoms with van der Waals surface area (Å²) < 4.78 is 11.2. The fourth-order valence-electron chi connectivity index (χ4n) is 2.46. The van der Waals surface area contributed by atoms with Gasteiger partial charge in [0.1, 0.15) is 0 Å². The standard InChI is InChI=1S/C14H27NO2/c1-6-15-12(11-8-7-9-17-10-11)13(16-5)14(2,3)4/h10,12-13,15H,6-9H2,1-5H3. The topological polar surface area (TPSA) is 30.5 Å². The van der Waals surface area contributed by atoms with Gasteiger partial charge in [-0.05, 0) is 30.4 Å². The average Bonchev–Trinajstić information content (AvgIpc) is 2.28.